The van der Waals surface area contributed by atoms with Gasteiger partial charge in [0.1, 0.15) is 5.82 Å². The smallest absolute Gasteiger partial charge is 0.127 e. The zero-order chi connectivity index (χ0) is 13.7. The van der Waals surface area contributed by atoms with Gasteiger partial charge in [0.05, 0.1) is 11.1 Å². The van der Waals surface area contributed by atoms with Crippen molar-refractivity contribution < 1.29 is 4.39 Å². The third-order valence-electron chi connectivity index (χ3n) is 2.83. The van der Waals surface area contributed by atoms with Gasteiger partial charge in [-0.05, 0) is 43.1 Å². The van der Waals surface area contributed by atoms with Gasteiger partial charge >= 0.3 is 0 Å². The molecule has 0 aliphatic rings. The number of hydrogen-bond donors (Lipinski definition) is 1. The molecule has 0 aliphatic heterocycles. The summed E-state index contributed by atoms with van der Waals surface area (Å²) in [7, 11) is 0. The molecule has 0 fully saturated rings. The Morgan fingerprint density at radius 2 is 2.32 bits per heavy atom. The van der Waals surface area contributed by atoms with Gasteiger partial charge in [0.2, 0.25) is 0 Å². The van der Waals surface area contributed by atoms with E-state index in [1.165, 1.54) is 17.6 Å². The number of hydrogen-bond acceptors (Lipinski definition) is 4. The second-order valence-electron chi connectivity index (χ2n) is 4.23. The van der Waals surface area contributed by atoms with E-state index in [2.05, 4.69) is 21.8 Å². The van der Waals surface area contributed by atoms with Gasteiger partial charge in [-0.1, -0.05) is 29.1 Å². The highest BCUT2D eigenvalue weighted by Crippen LogP contribution is 2.26. The van der Waals surface area contributed by atoms with Crippen molar-refractivity contribution in [3.8, 4) is 0 Å². The molecule has 2 aromatic rings. The summed E-state index contributed by atoms with van der Waals surface area (Å²) in [5.41, 5.74) is 0.533. The van der Waals surface area contributed by atoms with Crippen LogP contribution in [0.3, 0.4) is 0 Å². The summed E-state index contributed by atoms with van der Waals surface area (Å²) in [4.78, 5) is 0.993. The first-order valence-corrected chi connectivity index (χ1v) is 7.31. The molecule has 0 saturated carbocycles. The molecule has 1 heterocycles. The molecule has 0 saturated heterocycles. The highest BCUT2D eigenvalue weighted by atomic mass is 35.5. The van der Waals surface area contributed by atoms with E-state index in [1.54, 1.807) is 18.3 Å². The molecule has 0 spiro atoms. The Labute approximate surface area is 121 Å². The van der Waals surface area contributed by atoms with E-state index >= 15 is 0 Å². The maximum Gasteiger partial charge on any atom is 0.127 e. The van der Waals surface area contributed by atoms with Crippen molar-refractivity contribution in [2.45, 2.75) is 25.8 Å². The third-order valence-corrected chi connectivity index (χ3v) is 3.96. The average molecular weight is 300 g/mol. The van der Waals surface area contributed by atoms with Crippen molar-refractivity contribution in [1.29, 1.82) is 0 Å². The quantitative estimate of drug-likeness (QED) is 0.885. The van der Waals surface area contributed by atoms with Crippen molar-refractivity contribution in [3.05, 3.63) is 45.7 Å². The van der Waals surface area contributed by atoms with Gasteiger partial charge in [0, 0.05) is 16.6 Å². The number of nitrogens with zero attached hydrogens (tertiary/aromatic N) is 2. The maximum absolute atomic E-state index is 13.8. The first-order chi connectivity index (χ1) is 9.22. The fourth-order valence-electron chi connectivity index (χ4n) is 1.85. The van der Waals surface area contributed by atoms with Crippen molar-refractivity contribution >= 4 is 23.1 Å². The number of rotatable bonds is 6. The van der Waals surface area contributed by atoms with Gasteiger partial charge in [-0.25, -0.2) is 4.39 Å². The number of aromatic nitrogens is 2. The van der Waals surface area contributed by atoms with Crippen LogP contribution in [0.2, 0.25) is 5.02 Å². The normalized spacial score (nSPS) is 12.6. The van der Waals surface area contributed by atoms with Crippen LogP contribution in [0, 0.1) is 5.82 Å². The molecule has 1 atom stereocenters. The number of benzene rings is 1. The van der Waals surface area contributed by atoms with E-state index in [0.29, 0.717) is 17.0 Å². The van der Waals surface area contributed by atoms with Crippen LogP contribution in [0.25, 0.3) is 0 Å². The van der Waals surface area contributed by atoms with Gasteiger partial charge in [0.25, 0.3) is 0 Å². The fourth-order valence-corrected chi connectivity index (χ4v) is 2.67. The molecule has 1 unspecified atom stereocenters. The van der Waals surface area contributed by atoms with Crippen LogP contribution in [-0.2, 0) is 6.42 Å². The Kier molecular flexibility index (Phi) is 5.24. The van der Waals surface area contributed by atoms with Gasteiger partial charge in [0.15, 0.2) is 0 Å². The third kappa shape index (κ3) is 3.72. The lowest BCUT2D eigenvalue weighted by Crippen LogP contribution is -2.23. The maximum atomic E-state index is 13.8. The van der Waals surface area contributed by atoms with Crippen molar-refractivity contribution in [2.24, 2.45) is 0 Å². The van der Waals surface area contributed by atoms with Crippen LogP contribution in [0.4, 0.5) is 4.39 Å². The van der Waals surface area contributed by atoms with Gasteiger partial charge < -0.3 is 5.32 Å². The minimum absolute atomic E-state index is 0.00523. The topological polar surface area (TPSA) is 37.8 Å². The monoisotopic (exact) mass is 299 g/mol. The summed E-state index contributed by atoms with van der Waals surface area (Å²) in [6.45, 7) is 2.94. The Hall–Kier alpha value is -1.04. The van der Waals surface area contributed by atoms with Gasteiger partial charge in [-0.3, -0.25) is 0 Å². The van der Waals surface area contributed by atoms with E-state index in [0.717, 1.165) is 17.8 Å². The highest BCUT2D eigenvalue weighted by molar-refractivity contribution is 7.05. The zero-order valence-electron chi connectivity index (χ0n) is 10.6. The second kappa shape index (κ2) is 6.93. The molecule has 2 rings (SSSR count). The first-order valence-electron chi connectivity index (χ1n) is 6.16. The number of halogens is 2. The minimum Gasteiger partial charge on any atom is -0.309 e. The van der Waals surface area contributed by atoms with Crippen molar-refractivity contribution in [2.75, 3.05) is 6.54 Å². The molecule has 1 aromatic carbocycles. The van der Waals surface area contributed by atoms with E-state index in [-0.39, 0.29) is 11.9 Å². The van der Waals surface area contributed by atoms with Crippen LogP contribution in [0.15, 0.2) is 24.4 Å². The Bertz CT molecular complexity index is 498. The largest absolute Gasteiger partial charge is 0.309 e. The molecule has 6 heteroatoms. The Morgan fingerprint density at radius 3 is 2.95 bits per heavy atom. The van der Waals surface area contributed by atoms with Crippen molar-refractivity contribution in [1.82, 2.24) is 14.9 Å². The van der Waals surface area contributed by atoms with E-state index in [1.807, 2.05) is 0 Å². The van der Waals surface area contributed by atoms with Crippen LogP contribution in [0.1, 0.15) is 29.8 Å². The van der Waals surface area contributed by atoms with E-state index < -0.39 is 0 Å². The fraction of sp³-hybridized carbons (Fsp3) is 0.385. The van der Waals surface area contributed by atoms with Crippen LogP contribution in [0.5, 0.6) is 0 Å². The van der Waals surface area contributed by atoms with Crippen LogP contribution < -0.4 is 5.32 Å². The lowest BCUT2D eigenvalue weighted by molar-refractivity contribution is 0.518. The standard InChI is InChI=1S/C13H15ClFN3S/c1-2-6-16-12(13-8-17-18-19-13)7-9-10(14)4-3-5-11(9)15/h3-5,8,12,16H,2,6-7H2,1H3. The molecule has 102 valence electrons. The molecule has 1 N–H and O–H groups in total. The van der Waals surface area contributed by atoms with E-state index in [4.69, 9.17) is 11.6 Å². The lowest BCUT2D eigenvalue weighted by Gasteiger charge is -2.17. The summed E-state index contributed by atoms with van der Waals surface area (Å²) in [5.74, 6) is -0.270. The summed E-state index contributed by atoms with van der Waals surface area (Å²) >= 11 is 7.40. The molecule has 0 aliphatic carbocycles. The molecule has 1 aromatic heterocycles. The zero-order valence-corrected chi connectivity index (χ0v) is 12.1. The van der Waals surface area contributed by atoms with Gasteiger partial charge in [-0.2, -0.15) is 0 Å². The molecule has 0 bridgehead atoms. The van der Waals surface area contributed by atoms with Crippen LogP contribution in [-0.4, -0.2) is 16.1 Å². The lowest BCUT2D eigenvalue weighted by atomic mass is 10.0. The SMILES string of the molecule is CCCNC(Cc1c(F)cccc1Cl)c1cnns1. The van der Waals surface area contributed by atoms with E-state index in [9.17, 15) is 4.39 Å². The van der Waals surface area contributed by atoms with Crippen molar-refractivity contribution in [3.63, 3.8) is 0 Å². The predicted octanol–water partition coefficient (Wildman–Crippen LogP) is 3.61. The molecule has 0 radical (unpaired) electrons. The highest BCUT2D eigenvalue weighted by Gasteiger charge is 2.18. The van der Waals surface area contributed by atoms with Gasteiger partial charge in [-0.15, -0.1) is 5.10 Å². The number of nitrogens with one attached hydrogen (secondary N) is 1. The molecule has 19 heavy (non-hydrogen) atoms. The predicted molar refractivity (Wildman–Crippen MR) is 76.1 cm³/mol. The first kappa shape index (κ1) is 14.4. The summed E-state index contributed by atoms with van der Waals surface area (Å²) in [5, 5.41) is 7.68. The molecular weight excluding hydrogens is 285 g/mol. The molecule has 3 nitrogen and oxygen atoms in total. The molecular formula is C13H15ClFN3S. The summed E-state index contributed by atoms with van der Waals surface area (Å²) in [6.07, 6.45) is 3.22. The average Bonchev–Trinajstić information content (AvgIpc) is 2.91. The molecule has 0 amide bonds. The Morgan fingerprint density at radius 1 is 1.47 bits per heavy atom. The Balaban J connectivity index is 2.20. The summed E-state index contributed by atoms with van der Waals surface area (Å²) in [6, 6.07) is 4.75. The summed E-state index contributed by atoms with van der Waals surface area (Å²) < 4.78 is 17.7. The minimum atomic E-state index is -0.270. The van der Waals surface area contributed by atoms with Crippen LogP contribution >= 0.6 is 23.1 Å². The second-order valence-corrected chi connectivity index (χ2v) is 5.46.